The van der Waals surface area contributed by atoms with E-state index in [1.54, 1.807) is 32.7 Å². The zero-order valence-corrected chi connectivity index (χ0v) is 21.6. The van der Waals surface area contributed by atoms with Crippen LogP contribution in [0.25, 0.3) is 0 Å². The molecule has 196 valence electrons. The average Bonchev–Trinajstić information content (AvgIpc) is 2.98. The van der Waals surface area contributed by atoms with Crippen LogP contribution in [0.3, 0.4) is 0 Å². The maximum absolute atomic E-state index is 13.9. The third-order valence-corrected chi connectivity index (χ3v) is 6.74. The van der Waals surface area contributed by atoms with E-state index < -0.39 is 5.41 Å². The standard InChI is InChI=1S/C31H32N2O5/c1-37-26-12-8-24(9-13-26)31(23-6-4-3-5-7-23,25-10-14-27(38-2)15-11-25)29-22-32-17-16-28(29)30(36)33(18-20-34)19-21-35/h3-17,22,34-35H,18-21H2,1-2H3. The Labute approximate surface area is 222 Å². The highest BCUT2D eigenvalue weighted by Gasteiger charge is 2.41. The minimum Gasteiger partial charge on any atom is -0.497 e. The molecule has 0 spiro atoms. The second-order valence-corrected chi connectivity index (χ2v) is 8.73. The maximum Gasteiger partial charge on any atom is 0.254 e. The molecule has 1 heterocycles. The minimum atomic E-state index is -0.941. The number of aliphatic hydroxyl groups excluding tert-OH is 2. The molecular formula is C31H32N2O5. The number of amides is 1. The van der Waals surface area contributed by atoms with Gasteiger partial charge in [-0.2, -0.15) is 0 Å². The third-order valence-electron chi connectivity index (χ3n) is 6.74. The van der Waals surface area contributed by atoms with Crippen molar-refractivity contribution in [3.05, 3.63) is 125 Å². The molecule has 0 aliphatic heterocycles. The minimum absolute atomic E-state index is 0.102. The van der Waals surface area contributed by atoms with Gasteiger partial charge in [-0.15, -0.1) is 0 Å². The number of aromatic nitrogens is 1. The molecular weight excluding hydrogens is 480 g/mol. The first kappa shape index (κ1) is 26.9. The van der Waals surface area contributed by atoms with E-state index >= 15 is 0 Å². The Morgan fingerprint density at radius 1 is 0.763 bits per heavy atom. The van der Waals surface area contributed by atoms with Crippen molar-refractivity contribution in [1.29, 1.82) is 0 Å². The first-order valence-corrected chi connectivity index (χ1v) is 12.4. The van der Waals surface area contributed by atoms with Crippen LogP contribution in [-0.2, 0) is 5.41 Å². The highest BCUT2D eigenvalue weighted by molar-refractivity contribution is 5.97. The van der Waals surface area contributed by atoms with Crippen molar-refractivity contribution in [2.24, 2.45) is 0 Å². The van der Waals surface area contributed by atoms with Gasteiger partial charge in [0, 0.05) is 36.6 Å². The number of pyridine rings is 1. The summed E-state index contributed by atoms with van der Waals surface area (Å²) < 4.78 is 10.9. The summed E-state index contributed by atoms with van der Waals surface area (Å²) >= 11 is 0. The second-order valence-electron chi connectivity index (χ2n) is 8.73. The van der Waals surface area contributed by atoms with Crippen LogP contribution < -0.4 is 9.47 Å². The smallest absolute Gasteiger partial charge is 0.254 e. The largest absolute Gasteiger partial charge is 0.497 e. The maximum atomic E-state index is 13.9. The summed E-state index contributed by atoms with van der Waals surface area (Å²) in [5.41, 5.74) is 2.92. The quantitative estimate of drug-likeness (QED) is 0.296. The molecule has 38 heavy (non-hydrogen) atoms. The van der Waals surface area contributed by atoms with E-state index in [0.717, 1.165) is 16.7 Å². The molecule has 0 saturated heterocycles. The summed E-state index contributed by atoms with van der Waals surface area (Å²) in [6.07, 6.45) is 3.31. The van der Waals surface area contributed by atoms with Gasteiger partial charge in [-0.05, 0) is 47.0 Å². The molecule has 4 rings (SSSR count). The van der Waals surface area contributed by atoms with Crippen molar-refractivity contribution in [2.75, 3.05) is 40.5 Å². The normalized spacial score (nSPS) is 11.2. The lowest BCUT2D eigenvalue weighted by Gasteiger charge is -2.38. The van der Waals surface area contributed by atoms with Crippen molar-refractivity contribution in [3.63, 3.8) is 0 Å². The number of carbonyl (C=O) groups is 1. The third kappa shape index (κ3) is 5.11. The Bertz CT molecular complexity index is 1270. The number of nitrogens with zero attached hydrogens (tertiary/aromatic N) is 2. The topological polar surface area (TPSA) is 92.1 Å². The molecule has 7 nitrogen and oxygen atoms in total. The van der Waals surface area contributed by atoms with E-state index in [2.05, 4.69) is 4.98 Å². The van der Waals surface area contributed by atoms with Gasteiger partial charge < -0.3 is 24.6 Å². The summed E-state index contributed by atoms with van der Waals surface area (Å²) in [4.78, 5) is 19.8. The number of methoxy groups -OCH3 is 2. The number of hydrogen-bond donors (Lipinski definition) is 2. The lowest BCUT2D eigenvalue weighted by Crippen LogP contribution is -2.39. The zero-order chi connectivity index (χ0) is 27.0. The van der Waals surface area contributed by atoms with Gasteiger partial charge in [0.1, 0.15) is 11.5 Å². The van der Waals surface area contributed by atoms with Gasteiger partial charge in [-0.3, -0.25) is 9.78 Å². The highest BCUT2D eigenvalue weighted by Crippen LogP contribution is 2.47. The van der Waals surface area contributed by atoms with Gasteiger partial charge >= 0.3 is 0 Å². The monoisotopic (exact) mass is 512 g/mol. The number of benzene rings is 3. The van der Waals surface area contributed by atoms with Crippen LogP contribution in [0.2, 0.25) is 0 Å². The Hall–Kier alpha value is -4.20. The average molecular weight is 513 g/mol. The number of carbonyl (C=O) groups excluding carboxylic acids is 1. The van der Waals surface area contributed by atoms with Gasteiger partial charge in [0.15, 0.2) is 0 Å². The van der Waals surface area contributed by atoms with Gasteiger partial charge in [0.2, 0.25) is 0 Å². The Balaban J connectivity index is 2.09. The zero-order valence-electron chi connectivity index (χ0n) is 21.6. The SMILES string of the molecule is COc1ccc(C(c2ccccc2)(c2ccc(OC)cc2)c2cnccc2C(=O)N(CCO)CCO)cc1. The molecule has 0 atom stereocenters. The van der Waals surface area contributed by atoms with Crippen LogP contribution in [0.1, 0.15) is 32.6 Å². The van der Waals surface area contributed by atoms with E-state index in [1.165, 1.54) is 4.90 Å². The molecule has 0 bridgehead atoms. The summed E-state index contributed by atoms with van der Waals surface area (Å²) in [7, 11) is 3.25. The number of rotatable bonds is 11. The number of aliphatic hydroxyl groups is 2. The van der Waals surface area contributed by atoms with Crippen LogP contribution in [0.15, 0.2) is 97.3 Å². The van der Waals surface area contributed by atoms with E-state index in [9.17, 15) is 15.0 Å². The molecule has 2 N–H and O–H groups in total. The van der Waals surface area contributed by atoms with E-state index in [0.29, 0.717) is 22.6 Å². The molecule has 0 saturated carbocycles. The summed E-state index contributed by atoms with van der Waals surface area (Å²) in [5.74, 6) is 1.13. The first-order valence-electron chi connectivity index (χ1n) is 12.4. The van der Waals surface area contributed by atoms with E-state index in [1.807, 2.05) is 78.9 Å². The second kappa shape index (κ2) is 12.4. The molecule has 0 unspecified atom stereocenters. The van der Waals surface area contributed by atoms with Gasteiger partial charge in [-0.25, -0.2) is 0 Å². The molecule has 1 amide bonds. The summed E-state index contributed by atoms with van der Waals surface area (Å²) in [5, 5.41) is 19.2. The van der Waals surface area contributed by atoms with Crippen LogP contribution in [0.4, 0.5) is 0 Å². The fourth-order valence-electron chi connectivity index (χ4n) is 4.94. The van der Waals surface area contributed by atoms with Crippen LogP contribution in [0, 0.1) is 0 Å². The number of ether oxygens (including phenoxy) is 2. The molecule has 0 aliphatic rings. The Morgan fingerprint density at radius 3 is 1.74 bits per heavy atom. The molecule has 4 aromatic rings. The molecule has 1 aromatic heterocycles. The lowest BCUT2D eigenvalue weighted by molar-refractivity contribution is 0.0683. The van der Waals surface area contributed by atoms with Crippen LogP contribution in [-0.4, -0.2) is 66.5 Å². The highest BCUT2D eigenvalue weighted by atomic mass is 16.5. The predicted octanol–water partition coefficient (Wildman–Crippen LogP) is 3.91. The Kier molecular flexibility index (Phi) is 8.73. The van der Waals surface area contributed by atoms with Gasteiger partial charge in [-0.1, -0.05) is 54.6 Å². The molecule has 3 aromatic carbocycles. The lowest BCUT2D eigenvalue weighted by atomic mass is 9.64. The van der Waals surface area contributed by atoms with Crippen LogP contribution >= 0.6 is 0 Å². The molecule has 0 radical (unpaired) electrons. The fraction of sp³-hybridized carbons (Fsp3) is 0.226. The molecule has 0 aliphatic carbocycles. The number of hydrogen-bond acceptors (Lipinski definition) is 6. The van der Waals surface area contributed by atoms with Crippen molar-refractivity contribution in [3.8, 4) is 11.5 Å². The van der Waals surface area contributed by atoms with Gasteiger partial charge in [0.25, 0.3) is 5.91 Å². The van der Waals surface area contributed by atoms with Crippen LogP contribution in [0.5, 0.6) is 11.5 Å². The fourth-order valence-corrected chi connectivity index (χ4v) is 4.94. The van der Waals surface area contributed by atoms with Crippen molar-refractivity contribution < 1.29 is 24.5 Å². The van der Waals surface area contributed by atoms with Gasteiger partial charge in [0.05, 0.1) is 32.8 Å². The summed E-state index contributed by atoms with van der Waals surface area (Å²) in [6, 6.07) is 27.3. The van der Waals surface area contributed by atoms with E-state index in [4.69, 9.17) is 9.47 Å². The molecule has 0 fully saturated rings. The van der Waals surface area contributed by atoms with Crippen molar-refractivity contribution in [2.45, 2.75) is 5.41 Å². The predicted molar refractivity (Wildman–Crippen MR) is 146 cm³/mol. The Morgan fingerprint density at radius 2 is 1.26 bits per heavy atom. The van der Waals surface area contributed by atoms with Crippen molar-refractivity contribution in [1.82, 2.24) is 9.88 Å². The summed E-state index contributed by atoms with van der Waals surface area (Å²) in [6.45, 7) is -0.227. The molecule has 7 heteroatoms. The van der Waals surface area contributed by atoms with Crippen molar-refractivity contribution >= 4 is 5.91 Å². The first-order chi connectivity index (χ1) is 18.6. The van der Waals surface area contributed by atoms with E-state index in [-0.39, 0.29) is 32.2 Å².